The molecule has 0 spiro atoms. The first-order valence-corrected chi connectivity index (χ1v) is 14.7. The normalized spacial score (nSPS) is 17.4. The smallest absolute Gasteiger partial charge is 0.291 e. The van der Waals surface area contributed by atoms with E-state index < -0.39 is 38.6 Å². The fraction of sp³-hybridized carbons (Fsp3) is 0.500. The van der Waals surface area contributed by atoms with Crippen molar-refractivity contribution in [1.82, 2.24) is 29.8 Å². The molecule has 16 heteroatoms. The molecule has 1 aromatic carbocycles. The molecule has 2 aromatic heterocycles. The highest BCUT2D eigenvalue weighted by Gasteiger charge is 2.47. The fourth-order valence-electron chi connectivity index (χ4n) is 4.48. The fourth-order valence-corrected chi connectivity index (χ4v) is 6.61. The Morgan fingerprint density at radius 3 is 2.40 bits per heavy atom. The van der Waals surface area contributed by atoms with Crippen molar-refractivity contribution < 1.29 is 26.4 Å². The van der Waals surface area contributed by atoms with E-state index in [1.54, 1.807) is 6.92 Å². The van der Waals surface area contributed by atoms with Gasteiger partial charge in [-0.3, -0.25) is 4.79 Å². The van der Waals surface area contributed by atoms with Crippen LogP contribution in [0.5, 0.6) is 0 Å². The highest BCUT2D eigenvalue weighted by molar-refractivity contribution is 7.89. The van der Waals surface area contributed by atoms with Gasteiger partial charge in [-0.05, 0) is 45.7 Å². The number of hydrogen-bond donors (Lipinski definition) is 1. The van der Waals surface area contributed by atoms with Crippen LogP contribution in [0, 0.1) is 18.3 Å². The Balaban J connectivity index is 1.64. The number of nitrogens with zero attached hydrogens (tertiary/aromatic N) is 7. The van der Waals surface area contributed by atoms with Crippen molar-refractivity contribution in [3.05, 3.63) is 23.0 Å². The molecule has 2 fully saturated rings. The van der Waals surface area contributed by atoms with Gasteiger partial charge in [-0.1, -0.05) is 11.3 Å². The number of alkyl halides is 3. The van der Waals surface area contributed by atoms with E-state index in [0.29, 0.717) is 41.2 Å². The maximum absolute atomic E-state index is 14.3. The van der Waals surface area contributed by atoms with Gasteiger partial charge in [0.2, 0.25) is 10.0 Å². The van der Waals surface area contributed by atoms with Gasteiger partial charge in [-0.25, -0.2) is 31.6 Å². The third kappa shape index (κ3) is 5.32. The number of sulfonamides is 1. The van der Waals surface area contributed by atoms with E-state index in [2.05, 4.69) is 24.9 Å². The highest BCUT2D eigenvalue weighted by atomic mass is 32.2. The van der Waals surface area contributed by atoms with Gasteiger partial charge in [-0.15, -0.1) is 10.2 Å². The first kappa shape index (κ1) is 28.1. The van der Waals surface area contributed by atoms with Crippen LogP contribution >= 0.6 is 11.3 Å². The standard InChI is InChI=1S/C24H25F3N8O3S2/c1-13-29-17-15(18(30-13)20-31-32-21(39-20)19(25)26)10-14(40(37,38)33-24(12-28)4-5-24)11-16(17)34-6-8-35(9-7-34)22(36)23(2,3)27/h10-11,19,33H,4-9H2,1-3H3. The number of aryl methyl sites for hydroxylation is 1. The topological polar surface area (TPSA) is 145 Å². The van der Waals surface area contributed by atoms with Crippen LogP contribution in [0.15, 0.2) is 17.0 Å². The third-order valence-corrected chi connectivity index (χ3v) is 9.17. The summed E-state index contributed by atoms with van der Waals surface area (Å²) < 4.78 is 70.2. The number of rotatable bonds is 7. The molecule has 3 aromatic rings. The number of carbonyl (C=O) groups excluding carboxylic acids is 1. The van der Waals surface area contributed by atoms with E-state index in [1.807, 2.05) is 11.0 Å². The zero-order valence-electron chi connectivity index (χ0n) is 21.8. The molecule has 1 amide bonds. The van der Waals surface area contributed by atoms with Crippen LogP contribution in [-0.4, -0.2) is 76.8 Å². The SMILES string of the molecule is Cc1nc(-c2nnc(C(F)F)s2)c2cc(S(=O)(=O)NC3(C#N)CC3)cc(N3CCN(C(=O)C(C)(C)F)CC3)c2n1. The van der Waals surface area contributed by atoms with Gasteiger partial charge in [0.15, 0.2) is 15.7 Å². The summed E-state index contributed by atoms with van der Waals surface area (Å²) >= 11 is 0.638. The molecule has 1 saturated carbocycles. The lowest BCUT2D eigenvalue weighted by molar-refractivity contribution is -0.142. The van der Waals surface area contributed by atoms with Gasteiger partial charge < -0.3 is 9.80 Å². The molecular weight excluding hydrogens is 569 g/mol. The van der Waals surface area contributed by atoms with E-state index in [0.717, 1.165) is 0 Å². The Morgan fingerprint density at radius 2 is 1.85 bits per heavy atom. The minimum absolute atomic E-state index is 0.0653. The van der Waals surface area contributed by atoms with Crippen LogP contribution in [0.4, 0.5) is 18.9 Å². The van der Waals surface area contributed by atoms with Crippen molar-refractivity contribution in [2.24, 2.45) is 0 Å². The average Bonchev–Trinajstić information content (AvgIpc) is 3.47. The van der Waals surface area contributed by atoms with Gasteiger partial charge in [0.05, 0.1) is 22.2 Å². The molecule has 1 saturated heterocycles. The van der Waals surface area contributed by atoms with Crippen LogP contribution in [-0.2, 0) is 14.8 Å². The number of nitrogens with one attached hydrogen (secondary N) is 1. The van der Waals surface area contributed by atoms with Crippen LogP contribution < -0.4 is 9.62 Å². The van der Waals surface area contributed by atoms with Gasteiger partial charge >= 0.3 is 0 Å². The summed E-state index contributed by atoms with van der Waals surface area (Å²) in [5.74, 6) is -0.351. The Bertz CT molecular complexity index is 1640. The number of carbonyl (C=O) groups is 1. The van der Waals surface area contributed by atoms with Crippen molar-refractivity contribution in [1.29, 1.82) is 5.26 Å². The van der Waals surface area contributed by atoms with Crippen LogP contribution in [0.1, 0.15) is 43.9 Å². The molecule has 0 atom stereocenters. The Kier molecular flexibility index (Phi) is 6.95. The predicted octanol–water partition coefficient (Wildman–Crippen LogP) is 3.13. The van der Waals surface area contributed by atoms with E-state index >= 15 is 0 Å². The number of piperazine rings is 1. The van der Waals surface area contributed by atoms with Gasteiger partial charge in [0.1, 0.15) is 17.1 Å². The lowest BCUT2D eigenvalue weighted by atomic mass is 10.1. The summed E-state index contributed by atoms with van der Waals surface area (Å²) in [7, 11) is -4.20. The average molecular weight is 595 g/mol. The maximum atomic E-state index is 14.3. The number of fused-ring (bicyclic) bond motifs is 1. The zero-order chi connectivity index (χ0) is 29.0. The number of halogens is 3. The quantitative estimate of drug-likeness (QED) is 0.436. The van der Waals surface area contributed by atoms with Gasteiger partial charge in [0, 0.05) is 31.6 Å². The van der Waals surface area contributed by atoms with Crippen LogP contribution in [0.25, 0.3) is 21.6 Å². The number of anilines is 1. The number of amides is 1. The summed E-state index contributed by atoms with van der Waals surface area (Å²) in [5.41, 5.74) is -2.33. The molecule has 1 N–H and O–H groups in total. The minimum Gasteiger partial charge on any atom is -0.366 e. The first-order chi connectivity index (χ1) is 18.7. The third-order valence-electron chi connectivity index (χ3n) is 6.72. The van der Waals surface area contributed by atoms with Gasteiger partial charge in [-0.2, -0.15) is 9.98 Å². The molecule has 5 rings (SSSR count). The van der Waals surface area contributed by atoms with Crippen molar-refractivity contribution in [2.75, 3.05) is 31.1 Å². The molecule has 212 valence electrons. The largest absolute Gasteiger partial charge is 0.366 e. The van der Waals surface area contributed by atoms with Crippen molar-refractivity contribution in [3.63, 3.8) is 0 Å². The van der Waals surface area contributed by atoms with Crippen LogP contribution in [0.2, 0.25) is 0 Å². The minimum atomic E-state index is -4.20. The number of nitriles is 1. The second-order valence-electron chi connectivity index (χ2n) is 10.3. The molecule has 1 aliphatic carbocycles. The highest BCUT2D eigenvalue weighted by Crippen LogP contribution is 2.39. The first-order valence-electron chi connectivity index (χ1n) is 12.4. The molecule has 3 heterocycles. The summed E-state index contributed by atoms with van der Waals surface area (Å²) in [6.07, 6.45) is -2.09. The molecule has 11 nitrogen and oxygen atoms in total. The Labute approximate surface area is 232 Å². The van der Waals surface area contributed by atoms with E-state index in [9.17, 15) is 31.6 Å². The maximum Gasteiger partial charge on any atom is 0.291 e. The molecule has 0 bridgehead atoms. The van der Waals surface area contributed by atoms with Crippen molar-refractivity contribution >= 4 is 43.9 Å². The lowest BCUT2D eigenvalue weighted by Crippen LogP contribution is -2.53. The number of aromatic nitrogens is 4. The van der Waals surface area contributed by atoms with Crippen LogP contribution in [0.3, 0.4) is 0 Å². The number of benzene rings is 1. The van der Waals surface area contributed by atoms with Crippen molar-refractivity contribution in [2.45, 2.75) is 56.1 Å². The predicted molar refractivity (Wildman–Crippen MR) is 140 cm³/mol. The Hall–Kier alpha value is -3.42. The monoisotopic (exact) mass is 594 g/mol. The van der Waals surface area contributed by atoms with Crippen molar-refractivity contribution in [3.8, 4) is 16.8 Å². The van der Waals surface area contributed by atoms with E-state index in [-0.39, 0.29) is 47.2 Å². The summed E-state index contributed by atoms with van der Waals surface area (Å²) in [6, 6.07) is 4.76. The Morgan fingerprint density at radius 1 is 1.18 bits per heavy atom. The molecule has 1 aliphatic heterocycles. The molecular formula is C24H25F3N8O3S2. The van der Waals surface area contributed by atoms with E-state index in [1.165, 1.54) is 30.9 Å². The summed E-state index contributed by atoms with van der Waals surface area (Å²) in [4.78, 5) is 24.5. The molecule has 2 aliphatic rings. The zero-order valence-corrected chi connectivity index (χ0v) is 23.4. The molecule has 0 unspecified atom stereocenters. The van der Waals surface area contributed by atoms with Gasteiger partial charge in [0.25, 0.3) is 12.3 Å². The second-order valence-corrected chi connectivity index (χ2v) is 12.9. The summed E-state index contributed by atoms with van der Waals surface area (Å²) in [6.45, 7) is 4.87. The lowest BCUT2D eigenvalue weighted by Gasteiger charge is -2.38. The molecule has 0 radical (unpaired) electrons. The summed E-state index contributed by atoms with van der Waals surface area (Å²) in [5, 5.41) is 16.7. The van der Waals surface area contributed by atoms with E-state index in [4.69, 9.17) is 0 Å². The molecule has 40 heavy (non-hydrogen) atoms. The second kappa shape index (κ2) is 9.89. The number of hydrogen-bond acceptors (Lipinski definition) is 10.